The van der Waals surface area contributed by atoms with Gasteiger partial charge in [-0.15, -0.1) is 0 Å². The molecule has 7 nitrogen and oxygen atoms in total. The minimum absolute atomic E-state index is 0.178. The van der Waals surface area contributed by atoms with E-state index in [1.165, 1.54) is 0 Å². The first-order valence-corrected chi connectivity index (χ1v) is 11.1. The number of anilines is 2. The summed E-state index contributed by atoms with van der Waals surface area (Å²) in [4.78, 5) is 27.2. The van der Waals surface area contributed by atoms with Crippen LogP contribution in [0.2, 0.25) is 0 Å². The smallest absolute Gasteiger partial charge is 0.220 e. The van der Waals surface area contributed by atoms with E-state index in [-0.39, 0.29) is 5.91 Å². The largest absolute Gasteiger partial charge is 0.384 e. The molecule has 1 aliphatic rings. The van der Waals surface area contributed by atoms with Crippen molar-refractivity contribution >= 4 is 17.5 Å². The quantitative estimate of drug-likeness (QED) is 0.528. The lowest BCUT2D eigenvalue weighted by Gasteiger charge is -2.33. The van der Waals surface area contributed by atoms with Crippen LogP contribution in [0.3, 0.4) is 0 Å². The Bertz CT molecular complexity index is 923. The number of hydrogen-bond donors (Lipinski definition) is 2. The molecular formula is C24H32N6O. The van der Waals surface area contributed by atoms with E-state index in [2.05, 4.69) is 43.9 Å². The summed E-state index contributed by atoms with van der Waals surface area (Å²) in [6, 6.07) is 3.60. The fraction of sp³-hybridized carbons (Fsp3) is 0.500. The van der Waals surface area contributed by atoms with Gasteiger partial charge in [0.1, 0.15) is 18.0 Å². The Hall–Kier alpha value is -3.14. The van der Waals surface area contributed by atoms with Crippen LogP contribution in [0.4, 0.5) is 11.6 Å². The van der Waals surface area contributed by atoms with Gasteiger partial charge in [-0.1, -0.05) is 31.6 Å². The van der Waals surface area contributed by atoms with E-state index in [1.54, 1.807) is 18.6 Å². The van der Waals surface area contributed by atoms with Crippen molar-refractivity contribution in [3.05, 3.63) is 41.5 Å². The Morgan fingerprint density at radius 1 is 1.19 bits per heavy atom. The lowest BCUT2D eigenvalue weighted by Crippen LogP contribution is -2.39. The van der Waals surface area contributed by atoms with Gasteiger partial charge < -0.3 is 16.0 Å². The summed E-state index contributed by atoms with van der Waals surface area (Å²) < 4.78 is 0. The van der Waals surface area contributed by atoms with Crippen molar-refractivity contribution < 1.29 is 4.79 Å². The van der Waals surface area contributed by atoms with Crippen LogP contribution in [0.15, 0.2) is 24.7 Å². The number of piperidine rings is 1. The number of nitrogen functional groups attached to an aromatic ring is 1. The Morgan fingerprint density at radius 3 is 2.71 bits per heavy atom. The lowest BCUT2D eigenvalue weighted by molar-refractivity contribution is -0.121. The number of aromatic nitrogens is 3. The third-order valence-corrected chi connectivity index (χ3v) is 5.64. The van der Waals surface area contributed by atoms with Crippen LogP contribution < -0.4 is 16.0 Å². The highest BCUT2D eigenvalue weighted by molar-refractivity contribution is 5.75. The molecule has 1 saturated heterocycles. The first kappa shape index (κ1) is 22.5. The molecule has 3 rings (SSSR count). The molecule has 1 amide bonds. The average Bonchev–Trinajstić information content (AvgIpc) is 2.78. The van der Waals surface area contributed by atoms with Crippen molar-refractivity contribution in [2.75, 3.05) is 30.3 Å². The van der Waals surface area contributed by atoms with Gasteiger partial charge in [-0.3, -0.25) is 4.79 Å². The van der Waals surface area contributed by atoms with Crippen LogP contribution in [0.1, 0.15) is 62.3 Å². The highest BCUT2D eigenvalue weighted by atomic mass is 16.1. The molecule has 0 spiro atoms. The third kappa shape index (κ3) is 6.68. The topological polar surface area (TPSA) is 97.0 Å². The first-order chi connectivity index (χ1) is 15.1. The molecule has 0 saturated carbocycles. The van der Waals surface area contributed by atoms with Crippen LogP contribution in [0.25, 0.3) is 0 Å². The highest BCUT2D eigenvalue weighted by Crippen LogP contribution is 2.25. The molecule has 3 heterocycles. The zero-order chi connectivity index (χ0) is 22.1. The Labute approximate surface area is 184 Å². The number of nitrogens with one attached hydrogen (secondary N) is 1. The van der Waals surface area contributed by atoms with Gasteiger partial charge in [0.2, 0.25) is 5.91 Å². The number of amides is 1. The first-order valence-electron chi connectivity index (χ1n) is 11.1. The normalized spacial score (nSPS) is 14.1. The van der Waals surface area contributed by atoms with Gasteiger partial charge in [0.25, 0.3) is 0 Å². The van der Waals surface area contributed by atoms with Gasteiger partial charge in [0.05, 0.1) is 11.3 Å². The van der Waals surface area contributed by atoms with E-state index < -0.39 is 0 Å². The fourth-order valence-corrected chi connectivity index (χ4v) is 3.69. The molecule has 0 unspecified atom stereocenters. The molecule has 164 valence electrons. The van der Waals surface area contributed by atoms with E-state index in [1.807, 2.05) is 13.0 Å². The number of carbonyl (C=O) groups is 1. The van der Waals surface area contributed by atoms with Gasteiger partial charge in [-0.25, -0.2) is 15.0 Å². The number of nitrogens with two attached hydrogens (primary N) is 1. The molecule has 2 aromatic rings. The van der Waals surface area contributed by atoms with Crippen LogP contribution in [-0.2, 0) is 4.79 Å². The molecule has 0 bridgehead atoms. The molecule has 0 atom stereocenters. The molecule has 0 aliphatic carbocycles. The predicted molar refractivity (Wildman–Crippen MR) is 123 cm³/mol. The van der Waals surface area contributed by atoms with Gasteiger partial charge >= 0.3 is 0 Å². The molecule has 0 radical (unpaired) electrons. The van der Waals surface area contributed by atoms with Gasteiger partial charge in [0, 0.05) is 37.8 Å². The summed E-state index contributed by atoms with van der Waals surface area (Å²) >= 11 is 0. The maximum atomic E-state index is 12.0. The second-order valence-electron chi connectivity index (χ2n) is 8.07. The van der Waals surface area contributed by atoms with Crippen LogP contribution >= 0.6 is 0 Å². The Balaban J connectivity index is 1.59. The summed E-state index contributed by atoms with van der Waals surface area (Å²) in [5, 5.41) is 3.11. The van der Waals surface area contributed by atoms with Crippen molar-refractivity contribution in [1.82, 2.24) is 20.3 Å². The van der Waals surface area contributed by atoms with Crippen LogP contribution in [-0.4, -0.2) is 40.5 Å². The van der Waals surface area contributed by atoms with Gasteiger partial charge in [-0.05, 0) is 44.2 Å². The molecule has 0 aromatic carbocycles. The number of pyridine rings is 1. The summed E-state index contributed by atoms with van der Waals surface area (Å²) in [5.41, 5.74) is 8.16. The molecule has 3 N–H and O–H groups in total. The fourth-order valence-electron chi connectivity index (χ4n) is 3.69. The molecule has 2 aromatic heterocycles. The minimum atomic E-state index is 0.178. The second-order valence-corrected chi connectivity index (χ2v) is 8.07. The van der Waals surface area contributed by atoms with Crippen molar-refractivity contribution in [2.24, 2.45) is 5.92 Å². The van der Waals surface area contributed by atoms with E-state index in [4.69, 9.17) is 5.73 Å². The van der Waals surface area contributed by atoms with E-state index in [0.717, 1.165) is 74.4 Å². The standard InChI is InChI=1S/C24H32N6O/c1-3-4-5-6-23(31)27-16-20-11-13-30(14-12-20)24-21(18(2)28-17-29-24)9-7-19-8-10-22(25)26-15-19/h8,10,15,17,20H,3-6,11-14,16H2,1-2H3,(H2,25,26)(H,27,31). The SMILES string of the molecule is CCCCCC(=O)NCC1CCN(c2ncnc(C)c2C#Cc2ccc(N)nc2)CC1. The Kier molecular flexibility index (Phi) is 8.22. The molecule has 1 fully saturated rings. The maximum absolute atomic E-state index is 12.0. The van der Waals surface area contributed by atoms with Crippen LogP contribution in [0.5, 0.6) is 0 Å². The average molecular weight is 421 g/mol. The molecular weight excluding hydrogens is 388 g/mol. The van der Waals surface area contributed by atoms with E-state index in [9.17, 15) is 4.79 Å². The monoisotopic (exact) mass is 420 g/mol. The van der Waals surface area contributed by atoms with Gasteiger partial charge in [-0.2, -0.15) is 0 Å². The number of rotatable bonds is 7. The minimum Gasteiger partial charge on any atom is -0.384 e. The molecule has 7 heteroatoms. The highest BCUT2D eigenvalue weighted by Gasteiger charge is 2.23. The summed E-state index contributed by atoms with van der Waals surface area (Å²) in [5.74, 6) is 8.42. The van der Waals surface area contributed by atoms with Crippen molar-refractivity contribution in [1.29, 1.82) is 0 Å². The van der Waals surface area contributed by atoms with E-state index >= 15 is 0 Å². The third-order valence-electron chi connectivity index (χ3n) is 5.64. The van der Waals surface area contributed by atoms with Crippen LogP contribution in [0, 0.1) is 24.7 Å². The summed E-state index contributed by atoms with van der Waals surface area (Å²) in [6.45, 7) is 6.66. The number of hydrogen-bond acceptors (Lipinski definition) is 6. The molecule has 1 aliphatic heterocycles. The predicted octanol–water partition coefficient (Wildman–Crippen LogP) is 3.07. The maximum Gasteiger partial charge on any atom is 0.220 e. The van der Waals surface area contributed by atoms with E-state index in [0.29, 0.717) is 18.2 Å². The Morgan fingerprint density at radius 2 is 2.00 bits per heavy atom. The number of unbranched alkanes of at least 4 members (excludes halogenated alkanes) is 2. The number of aryl methyl sites for hydroxylation is 1. The number of carbonyl (C=O) groups excluding carboxylic acids is 1. The number of nitrogens with zero attached hydrogens (tertiary/aromatic N) is 4. The lowest BCUT2D eigenvalue weighted by atomic mass is 9.96. The second kappa shape index (κ2) is 11.3. The molecule has 31 heavy (non-hydrogen) atoms. The zero-order valence-corrected chi connectivity index (χ0v) is 18.5. The summed E-state index contributed by atoms with van der Waals surface area (Å²) in [7, 11) is 0. The van der Waals surface area contributed by atoms with Crippen molar-refractivity contribution in [3.8, 4) is 11.8 Å². The summed E-state index contributed by atoms with van der Waals surface area (Å²) in [6.07, 6.45) is 9.18. The van der Waals surface area contributed by atoms with Crippen molar-refractivity contribution in [3.63, 3.8) is 0 Å². The van der Waals surface area contributed by atoms with Crippen molar-refractivity contribution in [2.45, 2.75) is 52.4 Å². The zero-order valence-electron chi connectivity index (χ0n) is 18.5. The van der Waals surface area contributed by atoms with Gasteiger partial charge in [0.15, 0.2) is 0 Å².